The number of hydrogen-bond acceptors (Lipinski definition) is 7. The standard InChI is InChI=1S/C24H24N4O4S/c1-14-19-21(29)26-13-27-23(19)33-20(14)24(30)28-9-3-4-16(12-28)22-25-11-18(32-22)10-15-5-7-17(31-2)8-6-15/h5-8,11,13,16H,3-4,9-10,12H2,1-2H3,(H,26,27,29). The van der Waals surface area contributed by atoms with Crippen LogP contribution in [0.15, 0.2) is 46.0 Å². The highest BCUT2D eigenvalue weighted by molar-refractivity contribution is 7.20. The number of methoxy groups -OCH3 is 1. The van der Waals surface area contributed by atoms with Gasteiger partial charge >= 0.3 is 0 Å². The minimum absolute atomic E-state index is 0.0449. The van der Waals surface area contributed by atoms with Crippen molar-refractivity contribution in [3.05, 3.63) is 74.8 Å². The number of aryl methyl sites for hydroxylation is 1. The molecule has 33 heavy (non-hydrogen) atoms. The summed E-state index contributed by atoms with van der Waals surface area (Å²) in [5.41, 5.74) is 1.59. The molecule has 0 spiro atoms. The molecule has 1 N–H and O–H groups in total. The van der Waals surface area contributed by atoms with E-state index < -0.39 is 0 Å². The van der Waals surface area contributed by atoms with E-state index in [1.54, 1.807) is 13.3 Å². The van der Waals surface area contributed by atoms with Crippen LogP contribution in [-0.2, 0) is 6.42 Å². The maximum absolute atomic E-state index is 13.3. The molecule has 1 unspecified atom stereocenters. The number of aromatic amines is 1. The maximum atomic E-state index is 13.3. The SMILES string of the molecule is COc1ccc(Cc2cnc(C3CCCN(C(=O)c4sc5nc[nH]c(=O)c5c4C)C3)o2)cc1. The summed E-state index contributed by atoms with van der Waals surface area (Å²) in [6, 6.07) is 7.87. The van der Waals surface area contributed by atoms with Crippen molar-refractivity contribution in [2.45, 2.75) is 32.1 Å². The van der Waals surface area contributed by atoms with Crippen molar-refractivity contribution in [2.24, 2.45) is 0 Å². The Morgan fingerprint density at radius 2 is 2.12 bits per heavy atom. The molecule has 9 heteroatoms. The highest BCUT2D eigenvalue weighted by Crippen LogP contribution is 2.32. The van der Waals surface area contributed by atoms with Gasteiger partial charge in [0.05, 0.1) is 35.8 Å². The summed E-state index contributed by atoms with van der Waals surface area (Å²) >= 11 is 1.27. The fraction of sp³-hybridized carbons (Fsp3) is 0.333. The van der Waals surface area contributed by atoms with Crippen molar-refractivity contribution in [1.29, 1.82) is 0 Å². The first-order chi connectivity index (χ1) is 16.0. The first kappa shape index (κ1) is 21.4. The summed E-state index contributed by atoms with van der Waals surface area (Å²) in [6.45, 7) is 3.02. The van der Waals surface area contributed by atoms with Gasteiger partial charge in [-0.2, -0.15) is 0 Å². The first-order valence-corrected chi connectivity index (χ1v) is 11.7. The summed E-state index contributed by atoms with van der Waals surface area (Å²) in [5.74, 6) is 2.26. The smallest absolute Gasteiger partial charge is 0.264 e. The van der Waals surface area contributed by atoms with Crippen LogP contribution in [0, 0.1) is 6.92 Å². The molecule has 4 heterocycles. The molecule has 0 radical (unpaired) electrons. The average molecular weight is 465 g/mol. The van der Waals surface area contributed by atoms with Crippen molar-refractivity contribution in [2.75, 3.05) is 20.2 Å². The number of amides is 1. The van der Waals surface area contributed by atoms with Crippen LogP contribution in [0.25, 0.3) is 10.2 Å². The van der Waals surface area contributed by atoms with E-state index in [1.807, 2.05) is 36.1 Å². The predicted octanol–water partition coefficient (Wildman–Crippen LogP) is 3.90. The van der Waals surface area contributed by atoms with Gasteiger partial charge in [-0.15, -0.1) is 11.3 Å². The Bertz CT molecular complexity index is 1360. The number of carbonyl (C=O) groups excluding carboxylic acids is 1. The second kappa shape index (κ2) is 8.82. The number of ether oxygens (including phenoxy) is 1. The minimum atomic E-state index is -0.214. The van der Waals surface area contributed by atoms with Crippen LogP contribution in [0.5, 0.6) is 5.75 Å². The molecule has 1 fully saturated rings. The molecular weight excluding hydrogens is 440 g/mol. The van der Waals surface area contributed by atoms with Crippen LogP contribution in [0.2, 0.25) is 0 Å². The number of oxazole rings is 1. The molecule has 0 aliphatic carbocycles. The normalized spacial score (nSPS) is 16.3. The topological polar surface area (TPSA) is 101 Å². The Balaban J connectivity index is 1.31. The number of nitrogens with zero attached hydrogens (tertiary/aromatic N) is 3. The second-order valence-electron chi connectivity index (χ2n) is 8.25. The van der Waals surface area contributed by atoms with E-state index in [9.17, 15) is 9.59 Å². The van der Waals surface area contributed by atoms with Crippen molar-refractivity contribution in [3.63, 3.8) is 0 Å². The number of H-pyrrole nitrogens is 1. The van der Waals surface area contributed by atoms with Gasteiger partial charge in [0.15, 0.2) is 5.89 Å². The average Bonchev–Trinajstić information content (AvgIpc) is 3.44. The van der Waals surface area contributed by atoms with E-state index in [-0.39, 0.29) is 17.4 Å². The molecule has 3 aromatic heterocycles. The zero-order chi connectivity index (χ0) is 22.9. The number of fused-ring (bicyclic) bond motifs is 1. The third-order valence-corrected chi connectivity index (χ3v) is 7.28. The molecule has 1 saturated heterocycles. The van der Waals surface area contributed by atoms with Crippen LogP contribution in [0.1, 0.15) is 51.2 Å². The number of piperidine rings is 1. The molecule has 1 aromatic carbocycles. The Morgan fingerprint density at radius 1 is 1.30 bits per heavy atom. The van der Waals surface area contributed by atoms with Crippen LogP contribution < -0.4 is 10.3 Å². The largest absolute Gasteiger partial charge is 0.497 e. The molecule has 1 atom stereocenters. The number of thiophene rings is 1. The van der Waals surface area contributed by atoms with Gasteiger partial charge in [-0.3, -0.25) is 9.59 Å². The number of hydrogen-bond donors (Lipinski definition) is 1. The number of carbonyl (C=O) groups is 1. The lowest BCUT2D eigenvalue weighted by Crippen LogP contribution is -2.39. The van der Waals surface area contributed by atoms with Crippen molar-refractivity contribution in [1.82, 2.24) is 19.9 Å². The lowest BCUT2D eigenvalue weighted by atomic mass is 9.97. The van der Waals surface area contributed by atoms with Gasteiger partial charge in [-0.05, 0) is 43.0 Å². The molecule has 0 saturated carbocycles. The van der Waals surface area contributed by atoms with E-state index >= 15 is 0 Å². The molecule has 1 amide bonds. The maximum Gasteiger partial charge on any atom is 0.264 e. The molecule has 5 rings (SSSR count). The van der Waals surface area contributed by atoms with E-state index in [2.05, 4.69) is 15.0 Å². The van der Waals surface area contributed by atoms with Gasteiger partial charge in [0.25, 0.3) is 11.5 Å². The van der Waals surface area contributed by atoms with Crippen LogP contribution in [-0.4, -0.2) is 46.0 Å². The van der Waals surface area contributed by atoms with Gasteiger partial charge < -0.3 is 19.0 Å². The van der Waals surface area contributed by atoms with Gasteiger partial charge in [0, 0.05) is 19.5 Å². The Labute approximate surface area is 194 Å². The van der Waals surface area contributed by atoms with Crippen LogP contribution >= 0.6 is 11.3 Å². The predicted molar refractivity (Wildman–Crippen MR) is 125 cm³/mol. The Kier molecular flexibility index (Phi) is 5.72. The second-order valence-corrected chi connectivity index (χ2v) is 9.25. The summed E-state index contributed by atoms with van der Waals surface area (Å²) in [4.78, 5) is 39.8. The zero-order valence-corrected chi connectivity index (χ0v) is 19.3. The van der Waals surface area contributed by atoms with Crippen LogP contribution in [0.3, 0.4) is 0 Å². The minimum Gasteiger partial charge on any atom is -0.497 e. The quantitative estimate of drug-likeness (QED) is 0.481. The number of benzene rings is 1. The van der Waals surface area contributed by atoms with E-state index in [0.717, 1.165) is 29.9 Å². The van der Waals surface area contributed by atoms with Crippen molar-refractivity contribution < 1.29 is 13.9 Å². The van der Waals surface area contributed by atoms with Crippen molar-refractivity contribution >= 4 is 27.5 Å². The van der Waals surface area contributed by atoms with E-state index in [1.165, 1.54) is 17.7 Å². The van der Waals surface area contributed by atoms with Gasteiger partial charge in [-0.1, -0.05) is 12.1 Å². The molecule has 8 nitrogen and oxygen atoms in total. The summed E-state index contributed by atoms with van der Waals surface area (Å²) in [5, 5.41) is 0.496. The lowest BCUT2D eigenvalue weighted by Gasteiger charge is -2.31. The van der Waals surface area contributed by atoms with E-state index in [0.29, 0.717) is 46.1 Å². The summed E-state index contributed by atoms with van der Waals surface area (Å²) in [6.07, 6.45) is 5.58. The highest BCUT2D eigenvalue weighted by Gasteiger charge is 2.30. The summed E-state index contributed by atoms with van der Waals surface area (Å²) < 4.78 is 11.3. The number of nitrogens with one attached hydrogen (secondary N) is 1. The molecule has 0 bridgehead atoms. The van der Waals surface area contributed by atoms with Crippen molar-refractivity contribution in [3.8, 4) is 5.75 Å². The third kappa shape index (κ3) is 4.16. The zero-order valence-electron chi connectivity index (χ0n) is 18.5. The number of rotatable bonds is 5. The first-order valence-electron chi connectivity index (χ1n) is 10.9. The molecule has 1 aliphatic heterocycles. The van der Waals surface area contributed by atoms with Crippen LogP contribution in [0.4, 0.5) is 0 Å². The molecule has 1 aliphatic rings. The fourth-order valence-corrected chi connectivity index (χ4v) is 5.44. The fourth-order valence-electron chi connectivity index (χ4n) is 4.33. The molecule has 4 aromatic rings. The monoisotopic (exact) mass is 464 g/mol. The van der Waals surface area contributed by atoms with E-state index in [4.69, 9.17) is 9.15 Å². The Morgan fingerprint density at radius 3 is 2.88 bits per heavy atom. The number of aromatic nitrogens is 3. The third-order valence-electron chi connectivity index (χ3n) is 6.09. The van der Waals surface area contributed by atoms with Gasteiger partial charge in [-0.25, -0.2) is 9.97 Å². The Hall–Kier alpha value is -3.46. The van der Waals surface area contributed by atoms with Gasteiger partial charge in [0.1, 0.15) is 16.3 Å². The molecule has 170 valence electrons. The molecular formula is C24H24N4O4S. The summed E-state index contributed by atoms with van der Waals surface area (Å²) in [7, 11) is 1.65. The lowest BCUT2D eigenvalue weighted by molar-refractivity contribution is 0.0702. The highest BCUT2D eigenvalue weighted by atomic mass is 32.1. The number of likely N-dealkylation sites (tertiary alicyclic amines) is 1. The van der Waals surface area contributed by atoms with Gasteiger partial charge in [0.2, 0.25) is 0 Å².